The lowest BCUT2D eigenvalue weighted by Gasteiger charge is -2.17. The second-order valence-corrected chi connectivity index (χ2v) is 15.8. The first-order valence-electron chi connectivity index (χ1n) is 22.3. The Kier molecular flexibility index (Phi) is 33.0. The van der Waals surface area contributed by atoms with Crippen LogP contribution in [0, 0.1) is 0 Å². The molecule has 1 heterocycles. The van der Waals surface area contributed by atoms with Crippen LogP contribution < -0.4 is 4.57 Å². The van der Waals surface area contributed by atoms with E-state index in [1.165, 1.54) is 237 Å². The van der Waals surface area contributed by atoms with Gasteiger partial charge in [-0.25, -0.2) is 9.55 Å². The molecule has 1 rings (SSSR count). The molecule has 0 amide bonds. The van der Waals surface area contributed by atoms with Crippen LogP contribution in [-0.4, -0.2) is 4.98 Å². The Labute approximate surface area is 297 Å². The van der Waals surface area contributed by atoms with Gasteiger partial charge in [0.15, 0.2) is 0 Å². The van der Waals surface area contributed by atoms with E-state index in [0.29, 0.717) is 12.0 Å². The number of H-pyrrole nitrogens is 1. The highest BCUT2D eigenvalue weighted by Crippen LogP contribution is 2.27. The van der Waals surface area contributed by atoms with Crippen LogP contribution in [0.3, 0.4) is 0 Å². The first-order valence-corrected chi connectivity index (χ1v) is 22.3. The fourth-order valence-electron chi connectivity index (χ4n) is 7.84. The van der Waals surface area contributed by atoms with Gasteiger partial charge < -0.3 is 0 Å². The topological polar surface area (TPSA) is 19.7 Å². The quantitative estimate of drug-likeness (QED) is 0.0539. The Balaban J connectivity index is 2.33. The van der Waals surface area contributed by atoms with Crippen LogP contribution in [0.2, 0.25) is 0 Å². The summed E-state index contributed by atoms with van der Waals surface area (Å²) in [6.45, 7) is 9.43. The number of nitrogens with zero attached hydrogens (tertiary/aromatic N) is 1. The molecule has 0 aliphatic carbocycles. The molecule has 2 nitrogen and oxygen atoms in total. The molecule has 0 aliphatic rings. The van der Waals surface area contributed by atoms with Gasteiger partial charge in [-0.05, 0) is 32.6 Å². The highest BCUT2D eigenvalue weighted by Gasteiger charge is 2.25. The van der Waals surface area contributed by atoms with E-state index in [4.69, 9.17) is 0 Å². The molecule has 0 saturated carbocycles. The van der Waals surface area contributed by atoms with Gasteiger partial charge in [0.2, 0.25) is 0 Å². The molecule has 0 radical (unpaired) electrons. The highest BCUT2D eigenvalue weighted by atomic mass is 15.1. The zero-order valence-corrected chi connectivity index (χ0v) is 33.2. The minimum Gasteiger partial charge on any atom is -0.247 e. The standard InChI is InChI=1S/C45H88N2/c1-5-8-11-14-17-19-21-23-24-25-27-30-32-35-38-43(4)47-42-41-46-45(47)44(39-36-33-29-16-13-10-7-3)40-37-34-31-28-26-22-20-18-15-12-9-6-2/h41-44H,5-40H2,1-4H3/p+1. The van der Waals surface area contributed by atoms with Crippen molar-refractivity contribution in [2.75, 3.05) is 0 Å². The van der Waals surface area contributed by atoms with E-state index in [1.54, 1.807) is 0 Å². The number of imidazole rings is 1. The van der Waals surface area contributed by atoms with E-state index in [0.717, 1.165) is 0 Å². The molecule has 0 saturated heterocycles. The maximum absolute atomic E-state index is 3.76. The predicted molar refractivity (Wildman–Crippen MR) is 212 cm³/mol. The first kappa shape index (κ1) is 44.2. The van der Waals surface area contributed by atoms with Crippen molar-refractivity contribution in [3.8, 4) is 0 Å². The maximum Gasteiger partial charge on any atom is 0.257 e. The van der Waals surface area contributed by atoms with E-state index < -0.39 is 0 Å². The third-order valence-electron chi connectivity index (χ3n) is 11.1. The molecule has 1 aromatic heterocycles. The van der Waals surface area contributed by atoms with E-state index in [-0.39, 0.29) is 0 Å². The van der Waals surface area contributed by atoms with Crippen LogP contribution >= 0.6 is 0 Å². The monoisotopic (exact) mass is 658 g/mol. The van der Waals surface area contributed by atoms with Gasteiger partial charge in [0.05, 0.1) is 12.0 Å². The molecule has 0 bridgehead atoms. The third-order valence-corrected chi connectivity index (χ3v) is 11.1. The molecular formula is C45H89N2+. The fourth-order valence-corrected chi connectivity index (χ4v) is 7.84. The average molecular weight is 658 g/mol. The molecule has 2 unspecified atom stereocenters. The summed E-state index contributed by atoms with van der Waals surface area (Å²) in [6.07, 6.45) is 56.1. The number of hydrogen-bond acceptors (Lipinski definition) is 0. The smallest absolute Gasteiger partial charge is 0.247 e. The van der Waals surface area contributed by atoms with Crippen LogP contribution in [0.1, 0.15) is 277 Å². The van der Waals surface area contributed by atoms with Gasteiger partial charge in [-0.1, -0.05) is 226 Å². The molecule has 1 aromatic rings. The van der Waals surface area contributed by atoms with Gasteiger partial charge in [-0.2, -0.15) is 0 Å². The van der Waals surface area contributed by atoms with Crippen molar-refractivity contribution in [1.29, 1.82) is 0 Å². The van der Waals surface area contributed by atoms with Crippen molar-refractivity contribution >= 4 is 0 Å². The third kappa shape index (κ3) is 26.7. The van der Waals surface area contributed by atoms with Gasteiger partial charge in [-0.3, -0.25) is 0 Å². The number of rotatable bonds is 38. The van der Waals surface area contributed by atoms with Gasteiger partial charge in [0, 0.05) is 0 Å². The van der Waals surface area contributed by atoms with E-state index in [9.17, 15) is 0 Å². The summed E-state index contributed by atoms with van der Waals surface area (Å²) >= 11 is 0. The molecular weight excluding hydrogens is 569 g/mol. The molecule has 0 aliphatic heterocycles. The van der Waals surface area contributed by atoms with E-state index in [2.05, 4.69) is 49.6 Å². The highest BCUT2D eigenvalue weighted by molar-refractivity contribution is 4.90. The van der Waals surface area contributed by atoms with Crippen LogP contribution in [0.4, 0.5) is 0 Å². The minimum absolute atomic E-state index is 0.618. The van der Waals surface area contributed by atoms with E-state index in [1.807, 2.05) is 0 Å². The SMILES string of the molecule is CCCCCCCCCCCCCCCCC(C)[n+]1cc[nH]c1C(CCCCCCCCC)CCCCCCCCCCCCCC. The van der Waals surface area contributed by atoms with Crippen LogP contribution in [0.5, 0.6) is 0 Å². The van der Waals surface area contributed by atoms with Gasteiger partial charge in [0.25, 0.3) is 5.82 Å². The predicted octanol–water partition coefficient (Wildman–Crippen LogP) is 16.1. The second-order valence-electron chi connectivity index (χ2n) is 15.8. The van der Waals surface area contributed by atoms with E-state index >= 15 is 0 Å². The van der Waals surface area contributed by atoms with Crippen molar-refractivity contribution in [1.82, 2.24) is 4.98 Å². The van der Waals surface area contributed by atoms with Crippen LogP contribution in [0.25, 0.3) is 0 Å². The lowest BCUT2D eigenvalue weighted by Crippen LogP contribution is -2.41. The summed E-state index contributed by atoms with van der Waals surface area (Å²) in [5, 5.41) is 0. The molecule has 0 aromatic carbocycles. The molecule has 1 N–H and O–H groups in total. The zero-order valence-electron chi connectivity index (χ0n) is 33.2. The lowest BCUT2D eigenvalue weighted by atomic mass is 9.92. The Morgan fingerprint density at radius 2 is 0.681 bits per heavy atom. The minimum atomic E-state index is 0.618. The average Bonchev–Trinajstić information content (AvgIpc) is 3.57. The summed E-state index contributed by atoms with van der Waals surface area (Å²) in [6, 6.07) is 0.618. The van der Waals surface area contributed by atoms with Crippen molar-refractivity contribution in [3.63, 3.8) is 0 Å². The van der Waals surface area contributed by atoms with Gasteiger partial charge in [0.1, 0.15) is 12.4 Å². The summed E-state index contributed by atoms with van der Waals surface area (Å²) < 4.78 is 2.65. The van der Waals surface area contributed by atoms with Crippen molar-refractivity contribution < 1.29 is 4.57 Å². The number of aromatic amines is 1. The molecule has 2 atom stereocenters. The largest absolute Gasteiger partial charge is 0.257 e. The summed E-state index contributed by atoms with van der Waals surface area (Å²) in [5.74, 6) is 2.25. The number of nitrogens with one attached hydrogen (secondary N) is 1. The molecule has 2 heteroatoms. The number of hydrogen-bond donors (Lipinski definition) is 1. The van der Waals surface area contributed by atoms with Crippen LogP contribution in [0.15, 0.2) is 12.4 Å². The zero-order chi connectivity index (χ0) is 33.9. The van der Waals surface area contributed by atoms with Crippen molar-refractivity contribution in [3.05, 3.63) is 18.2 Å². The first-order chi connectivity index (χ1) is 23.2. The fraction of sp³-hybridized carbons (Fsp3) is 0.933. The lowest BCUT2D eigenvalue weighted by molar-refractivity contribution is -0.727. The molecule has 278 valence electrons. The molecule has 0 fully saturated rings. The summed E-state index contributed by atoms with van der Waals surface area (Å²) in [4.78, 5) is 3.76. The van der Waals surface area contributed by atoms with Gasteiger partial charge >= 0.3 is 0 Å². The summed E-state index contributed by atoms with van der Waals surface area (Å²) in [5.41, 5.74) is 0. The van der Waals surface area contributed by atoms with Crippen LogP contribution in [-0.2, 0) is 0 Å². The Hall–Kier alpha value is -0.790. The Morgan fingerprint density at radius 1 is 0.404 bits per heavy atom. The number of unbranched alkanes of at least 4 members (excludes halogenated alkanes) is 30. The Bertz CT molecular complexity index is 723. The van der Waals surface area contributed by atoms with Gasteiger partial charge in [-0.15, -0.1) is 0 Å². The van der Waals surface area contributed by atoms with Crippen molar-refractivity contribution in [2.24, 2.45) is 0 Å². The summed E-state index contributed by atoms with van der Waals surface area (Å²) in [7, 11) is 0. The second kappa shape index (κ2) is 35.1. The number of aromatic nitrogens is 2. The molecule has 47 heavy (non-hydrogen) atoms. The Morgan fingerprint density at radius 3 is 1.00 bits per heavy atom. The maximum atomic E-state index is 3.76. The molecule has 0 spiro atoms. The normalized spacial score (nSPS) is 13.0. The van der Waals surface area contributed by atoms with Crippen molar-refractivity contribution in [2.45, 2.75) is 271 Å².